The lowest BCUT2D eigenvalue weighted by Gasteiger charge is -2.48. The van der Waals surface area contributed by atoms with E-state index in [-0.39, 0.29) is 11.4 Å². The maximum atomic E-state index is 13.8. The van der Waals surface area contributed by atoms with Crippen LogP contribution in [0.4, 0.5) is 10.1 Å². The number of benzene rings is 1. The molecule has 0 amide bonds. The quantitative estimate of drug-likeness (QED) is 0.860. The van der Waals surface area contributed by atoms with Crippen LogP contribution in [0.25, 0.3) is 0 Å². The molecule has 0 bridgehead atoms. The molecule has 1 aromatic carbocycles. The molecule has 4 nitrogen and oxygen atoms in total. The van der Waals surface area contributed by atoms with Gasteiger partial charge in [-0.1, -0.05) is 0 Å². The zero-order valence-electron chi connectivity index (χ0n) is 14.5. The maximum Gasteiger partial charge on any atom is 0.146 e. The summed E-state index contributed by atoms with van der Waals surface area (Å²) in [6.45, 7) is 7.62. The highest BCUT2D eigenvalue weighted by Gasteiger charge is 2.34. The van der Waals surface area contributed by atoms with Crippen LogP contribution in [-0.2, 0) is 6.54 Å². The standard InChI is InChI=1S/C19H24FN3O/c1-19(2)14-22(13-18-17(20)5-4-10-21-18)11-12-23(19)15-6-8-16(24-3)9-7-15/h4-10H,11-14H2,1-3H3. The van der Waals surface area contributed by atoms with Crippen LogP contribution in [0.5, 0.6) is 5.75 Å². The predicted octanol–water partition coefficient (Wildman–Crippen LogP) is 3.33. The van der Waals surface area contributed by atoms with Crippen LogP contribution in [0, 0.1) is 5.82 Å². The van der Waals surface area contributed by atoms with E-state index in [1.807, 2.05) is 12.1 Å². The first-order chi connectivity index (χ1) is 11.5. The molecule has 0 atom stereocenters. The van der Waals surface area contributed by atoms with E-state index in [2.05, 4.69) is 40.8 Å². The predicted molar refractivity (Wildman–Crippen MR) is 93.9 cm³/mol. The van der Waals surface area contributed by atoms with Crippen molar-refractivity contribution in [3.8, 4) is 5.75 Å². The molecule has 128 valence electrons. The Morgan fingerprint density at radius 2 is 1.92 bits per heavy atom. The minimum atomic E-state index is -0.229. The second-order valence-corrected chi connectivity index (χ2v) is 6.80. The van der Waals surface area contributed by atoms with Gasteiger partial charge >= 0.3 is 0 Å². The summed E-state index contributed by atoms with van der Waals surface area (Å²) >= 11 is 0. The van der Waals surface area contributed by atoms with Gasteiger partial charge in [0.15, 0.2) is 0 Å². The number of methoxy groups -OCH3 is 1. The van der Waals surface area contributed by atoms with Crippen LogP contribution in [-0.4, -0.2) is 42.2 Å². The molecular formula is C19H24FN3O. The Morgan fingerprint density at radius 1 is 1.17 bits per heavy atom. The summed E-state index contributed by atoms with van der Waals surface area (Å²) in [7, 11) is 1.68. The van der Waals surface area contributed by atoms with Crippen molar-refractivity contribution in [2.24, 2.45) is 0 Å². The van der Waals surface area contributed by atoms with Crippen molar-refractivity contribution in [2.75, 3.05) is 31.6 Å². The van der Waals surface area contributed by atoms with Crippen molar-refractivity contribution in [3.05, 3.63) is 54.1 Å². The van der Waals surface area contributed by atoms with E-state index in [9.17, 15) is 4.39 Å². The number of rotatable bonds is 4. The monoisotopic (exact) mass is 329 g/mol. The zero-order valence-corrected chi connectivity index (χ0v) is 14.5. The van der Waals surface area contributed by atoms with Gasteiger partial charge in [-0.25, -0.2) is 4.39 Å². The van der Waals surface area contributed by atoms with Crippen molar-refractivity contribution in [3.63, 3.8) is 0 Å². The van der Waals surface area contributed by atoms with Crippen molar-refractivity contribution in [1.29, 1.82) is 0 Å². The summed E-state index contributed by atoms with van der Waals surface area (Å²) in [5, 5.41) is 0. The van der Waals surface area contributed by atoms with Crippen molar-refractivity contribution >= 4 is 5.69 Å². The van der Waals surface area contributed by atoms with Gasteiger partial charge in [-0.15, -0.1) is 0 Å². The number of halogens is 1. The van der Waals surface area contributed by atoms with Gasteiger partial charge in [0.2, 0.25) is 0 Å². The molecule has 24 heavy (non-hydrogen) atoms. The number of aromatic nitrogens is 1. The van der Waals surface area contributed by atoms with Gasteiger partial charge in [-0.2, -0.15) is 0 Å². The fraction of sp³-hybridized carbons (Fsp3) is 0.421. The molecule has 0 N–H and O–H groups in total. The largest absolute Gasteiger partial charge is 0.497 e. The molecule has 1 aromatic heterocycles. The highest BCUT2D eigenvalue weighted by Crippen LogP contribution is 2.29. The van der Waals surface area contributed by atoms with E-state index in [1.54, 1.807) is 19.4 Å². The van der Waals surface area contributed by atoms with Gasteiger partial charge in [0.1, 0.15) is 11.6 Å². The SMILES string of the molecule is COc1ccc(N2CCN(Cc3ncccc3F)CC2(C)C)cc1. The summed E-state index contributed by atoms with van der Waals surface area (Å²) in [6, 6.07) is 11.3. The molecule has 1 fully saturated rings. The third-order valence-electron chi connectivity index (χ3n) is 4.57. The van der Waals surface area contributed by atoms with Gasteiger partial charge < -0.3 is 9.64 Å². The van der Waals surface area contributed by atoms with Crippen LogP contribution in [0.1, 0.15) is 19.5 Å². The Kier molecular flexibility index (Phi) is 4.71. The van der Waals surface area contributed by atoms with Crippen molar-refractivity contribution in [1.82, 2.24) is 9.88 Å². The first-order valence-electron chi connectivity index (χ1n) is 8.23. The topological polar surface area (TPSA) is 28.6 Å². The third kappa shape index (κ3) is 3.51. The van der Waals surface area contributed by atoms with Gasteiger partial charge in [-0.05, 0) is 50.2 Å². The molecule has 2 heterocycles. The van der Waals surface area contributed by atoms with E-state index in [1.165, 1.54) is 11.8 Å². The molecule has 0 radical (unpaired) electrons. The first kappa shape index (κ1) is 16.7. The lowest BCUT2D eigenvalue weighted by molar-refractivity contribution is 0.172. The second kappa shape index (κ2) is 6.77. The smallest absolute Gasteiger partial charge is 0.146 e. The number of nitrogens with zero attached hydrogens (tertiary/aromatic N) is 3. The summed E-state index contributed by atoms with van der Waals surface area (Å²) in [6.07, 6.45) is 1.65. The molecule has 1 aliphatic heterocycles. The van der Waals surface area contributed by atoms with Gasteiger partial charge in [0, 0.05) is 43.6 Å². The molecule has 1 saturated heterocycles. The van der Waals surface area contributed by atoms with Gasteiger partial charge in [0.05, 0.1) is 12.8 Å². The van der Waals surface area contributed by atoms with Gasteiger partial charge in [0.25, 0.3) is 0 Å². The summed E-state index contributed by atoms with van der Waals surface area (Å²) < 4.78 is 19.1. The van der Waals surface area contributed by atoms with Crippen molar-refractivity contribution in [2.45, 2.75) is 25.9 Å². The van der Waals surface area contributed by atoms with Crippen LogP contribution >= 0.6 is 0 Å². The number of hydrogen-bond donors (Lipinski definition) is 0. The van der Waals surface area contributed by atoms with E-state index in [0.29, 0.717) is 12.2 Å². The number of ether oxygens (including phenoxy) is 1. The highest BCUT2D eigenvalue weighted by molar-refractivity contribution is 5.51. The molecule has 0 unspecified atom stereocenters. The molecule has 3 rings (SSSR count). The molecule has 2 aromatic rings. The Bertz CT molecular complexity index is 687. The second-order valence-electron chi connectivity index (χ2n) is 6.80. The fourth-order valence-corrected chi connectivity index (χ4v) is 3.38. The van der Waals surface area contributed by atoms with E-state index < -0.39 is 0 Å². The van der Waals surface area contributed by atoms with Crippen LogP contribution < -0.4 is 9.64 Å². The maximum absolute atomic E-state index is 13.8. The van der Waals surface area contributed by atoms with Crippen molar-refractivity contribution < 1.29 is 9.13 Å². The Labute approximate surface area is 142 Å². The Hall–Kier alpha value is -2.14. The summed E-state index contributed by atoms with van der Waals surface area (Å²) in [5.41, 5.74) is 1.66. The molecule has 5 heteroatoms. The Balaban J connectivity index is 1.71. The van der Waals surface area contributed by atoms with E-state index in [4.69, 9.17) is 4.74 Å². The lowest BCUT2D eigenvalue weighted by atomic mass is 9.97. The lowest BCUT2D eigenvalue weighted by Crippen LogP contribution is -2.59. The average molecular weight is 329 g/mol. The minimum absolute atomic E-state index is 0.0436. The normalized spacial score (nSPS) is 17.8. The number of anilines is 1. The molecule has 1 aliphatic rings. The molecular weight excluding hydrogens is 305 g/mol. The van der Waals surface area contributed by atoms with Crippen LogP contribution in [0.2, 0.25) is 0 Å². The summed E-state index contributed by atoms with van der Waals surface area (Å²) in [5.74, 6) is 0.633. The molecule has 0 saturated carbocycles. The van der Waals surface area contributed by atoms with E-state index in [0.717, 1.165) is 25.4 Å². The first-order valence-corrected chi connectivity index (χ1v) is 8.23. The van der Waals surface area contributed by atoms with E-state index >= 15 is 0 Å². The summed E-state index contributed by atoms with van der Waals surface area (Å²) in [4.78, 5) is 8.84. The number of pyridine rings is 1. The fourth-order valence-electron chi connectivity index (χ4n) is 3.38. The average Bonchev–Trinajstić information content (AvgIpc) is 2.56. The third-order valence-corrected chi connectivity index (χ3v) is 4.57. The zero-order chi connectivity index (χ0) is 17.2. The minimum Gasteiger partial charge on any atom is -0.497 e. The van der Waals surface area contributed by atoms with Gasteiger partial charge in [-0.3, -0.25) is 9.88 Å². The number of hydrogen-bond acceptors (Lipinski definition) is 4. The Morgan fingerprint density at radius 3 is 2.54 bits per heavy atom. The highest BCUT2D eigenvalue weighted by atomic mass is 19.1. The van der Waals surface area contributed by atoms with Crippen LogP contribution in [0.15, 0.2) is 42.6 Å². The number of piperazine rings is 1. The molecule has 0 aliphatic carbocycles. The molecule has 0 spiro atoms. The van der Waals surface area contributed by atoms with Crippen LogP contribution in [0.3, 0.4) is 0 Å².